The fourth-order valence-corrected chi connectivity index (χ4v) is 1.89. The second-order valence-corrected chi connectivity index (χ2v) is 5.29. The molecule has 0 spiro atoms. The van der Waals surface area contributed by atoms with E-state index in [-0.39, 0.29) is 5.56 Å². The van der Waals surface area contributed by atoms with Gasteiger partial charge in [0.25, 0.3) is 0 Å². The Labute approximate surface area is 130 Å². The van der Waals surface area contributed by atoms with E-state index >= 15 is 0 Å². The molecule has 24 heavy (non-hydrogen) atoms. The summed E-state index contributed by atoms with van der Waals surface area (Å²) in [5.74, 6) is -23.8. The van der Waals surface area contributed by atoms with Crippen LogP contribution < -0.4 is 0 Å². The third-order valence-corrected chi connectivity index (χ3v) is 3.26. The lowest BCUT2D eigenvalue weighted by molar-refractivity contribution is -0.386. The Balaban J connectivity index is 3.47. The average molecular weight is 366 g/mol. The molecule has 0 aliphatic heterocycles. The van der Waals surface area contributed by atoms with Crippen LogP contribution in [0.15, 0.2) is 24.3 Å². The molecule has 0 aliphatic rings. The van der Waals surface area contributed by atoms with Crippen LogP contribution in [0.1, 0.15) is 35.7 Å². The molecule has 0 heterocycles. The molecule has 10 heteroatoms. The van der Waals surface area contributed by atoms with Crippen LogP contribution in [0.3, 0.4) is 0 Å². The first-order chi connectivity index (χ1) is 10.6. The Morgan fingerprint density at radius 3 is 1.71 bits per heavy atom. The summed E-state index contributed by atoms with van der Waals surface area (Å²) >= 11 is 0. The Hall–Kier alpha value is -1.74. The van der Waals surface area contributed by atoms with E-state index in [1.165, 1.54) is 19.9 Å². The predicted octanol–water partition coefficient (Wildman–Crippen LogP) is 5.46. The largest absolute Gasteiger partial charge is 0.460 e. The zero-order valence-electron chi connectivity index (χ0n) is 12.2. The van der Waals surface area contributed by atoms with Crippen LogP contribution in [0.2, 0.25) is 0 Å². The summed E-state index contributed by atoms with van der Waals surface area (Å²) in [6.07, 6.45) is -6.96. The van der Waals surface area contributed by atoms with E-state index in [4.69, 9.17) is 0 Å². The molecule has 0 unspecified atom stereocenters. The minimum Gasteiger partial charge on any atom is -0.287 e. The van der Waals surface area contributed by atoms with Crippen molar-refractivity contribution >= 4 is 5.78 Å². The molecular weight excluding hydrogens is 355 g/mol. The first kappa shape index (κ1) is 20.3. The average Bonchev–Trinajstić information content (AvgIpc) is 2.44. The van der Waals surface area contributed by atoms with Gasteiger partial charge >= 0.3 is 23.9 Å². The number of ketones is 1. The zero-order valence-corrected chi connectivity index (χ0v) is 12.2. The Morgan fingerprint density at radius 1 is 0.833 bits per heavy atom. The zero-order chi connectivity index (χ0) is 19.1. The molecule has 0 radical (unpaired) electrons. The van der Waals surface area contributed by atoms with Crippen molar-refractivity contribution in [1.29, 1.82) is 0 Å². The van der Waals surface area contributed by atoms with Gasteiger partial charge in [0, 0.05) is 5.56 Å². The van der Waals surface area contributed by atoms with Gasteiger partial charge in [0.05, 0.1) is 0 Å². The topological polar surface area (TPSA) is 17.1 Å². The van der Waals surface area contributed by atoms with Crippen molar-refractivity contribution in [1.82, 2.24) is 0 Å². The van der Waals surface area contributed by atoms with E-state index in [0.717, 1.165) is 12.1 Å². The van der Waals surface area contributed by atoms with E-state index in [2.05, 4.69) is 0 Å². The van der Waals surface area contributed by atoms with Gasteiger partial charge in [0.1, 0.15) is 0 Å². The molecule has 0 N–H and O–H groups in total. The molecule has 0 saturated carbocycles. The van der Waals surface area contributed by atoms with Gasteiger partial charge in [-0.2, -0.15) is 39.5 Å². The third-order valence-electron chi connectivity index (χ3n) is 3.26. The number of benzene rings is 1. The number of rotatable bonds is 5. The van der Waals surface area contributed by atoms with Crippen molar-refractivity contribution < 1.29 is 44.3 Å². The molecule has 0 saturated heterocycles. The van der Waals surface area contributed by atoms with E-state index in [0.29, 0.717) is 6.07 Å². The summed E-state index contributed by atoms with van der Waals surface area (Å²) in [6.45, 7) is 2.79. The normalized spacial score (nSPS) is 14.2. The lowest BCUT2D eigenvalue weighted by Gasteiger charge is -2.33. The highest BCUT2D eigenvalue weighted by Gasteiger charge is 2.83. The minimum absolute atomic E-state index is 0.187. The number of Topliss-reactive ketones (excluding diaryl/α,β-unsaturated/α-hetero) is 1. The van der Waals surface area contributed by atoms with Gasteiger partial charge in [-0.05, 0) is 11.5 Å². The SMILES string of the molecule is CC(C)c1ccccc1C(=O)C(F)(F)C(F)(F)C(F)(F)C(F)(F)F. The van der Waals surface area contributed by atoms with Gasteiger partial charge in [0.2, 0.25) is 5.78 Å². The van der Waals surface area contributed by atoms with Crippen molar-refractivity contribution in [3.05, 3.63) is 35.4 Å². The molecule has 1 rings (SSSR count). The van der Waals surface area contributed by atoms with Crippen molar-refractivity contribution in [3.63, 3.8) is 0 Å². The number of alkyl halides is 9. The van der Waals surface area contributed by atoms with Gasteiger partial charge in [-0.1, -0.05) is 38.1 Å². The Morgan fingerprint density at radius 2 is 1.29 bits per heavy atom. The summed E-state index contributed by atoms with van der Waals surface area (Å²) in [5, 5.41) is 0. The van der Waals surface area contributed by atoms with E-state index in [1.807, 2.05) is 0 Å². The fourth-order valence-electron chi connectivity index (χ4n) is 1.89. The van der Waals surface area contributed by atoms with Crippen LogP contribution >= 0.6 is 0 Å². The van der Waals surface area contributed by atoms with Crippen LogP contribution in [0.25, 0.3) is 0 Å². The number of carbonyl (C=O) groups is 1. The molecule has 0 aromatic heterocycles. The molecule has 0 amide bonds. The highest BCUT2D eigenvalue weighted by molar-refractivity contribution is 6.03. The maximum absolute atomic E-state index is 13.7. The molecule has 1 aromatic rings. The standard InChI is InChI=1S/C14H11F9O/c1-7(2)8-5-3-4-6-9(8)10(24)11(15,16)12(17,18)13(19,20)14(21,22)23/h3-7H,1-2H3. The first-order valence-electron chi connectivity index (χ1n) is 6.43. The number of hydrogen-bond donors (Lipinski definition) is 0. The van der Waals surface area contributed by atoms with E-state index < -0.39 is 41.2 Å². The molecule has 1 aromatic carbocycles. The lowest BCUT2D eigenvalue weighted by Crippen LogP contribution is -2.63. The third kappa shape index (κ3) is 2.98. The van der Waals surface area contributed by atoms with Gasteiger partial charge in [-0.25, -0.2) is 0 Å². The Bertz CT molecular complexity index is 617. The molecule has 136 valence electrons. The van der Waals surface area contributed by atoms with Crippen LogP contribution in [0.4, 0.5) is 39.5 Å². The fraction of sp³-hybridized carbons (Fsp3) is 0.500. The van der Waals surface area contributed by atoms with Crippen LogP contribution in [0.5, 0.6) is 0 Å². The van der Waals surface area contributed by atoms with Crippen LogP contribution in [-0.4, -0.2) is 29.7 Å². The highest BCUT2D eigenvalue weighted by atomic mass is 19.4. The number of hydrogen-bond acceptors (Lipinski definition) is 1. The van der Waals surface area contributed by atoms with Crippen LogP contribution in [-0.2, 0) is 0 Å². The van der Waals surface area contributed by atoms with Gasteiger partial charge < -0.3 is 0 Å². The van der Waals surface area contributed by atoms with Gasteiger partial charge in [-0.15, -0.1) is 0 Å². The molecule has 1 nitrogen and oxygen atoms in total. The summed E-state index contributed by atoms with van der Waals surface area (Å²) < 4.78 is 116. The Kier molecular flexibility index (Phi) is 5.04. The van der Waals surface area contributed by atoms with Gasteiger partial charge in [0.15, 0.2) is 0 Å². The van der Waals surface area contributed by atoms with Gasteiger partial charge in [-0.3, -0.25) is 4.79 Å². The van der Waals surface area contributed by atoms with Crippen molar-refractivity contribution in [2.45, 2.75) is 43.7 Å². The van der Waals surface area contributed by atoms with E-state index in [1.54, 1.807) is 0 Å². The number of halogens is 9. The second kappa shape index (κ2) is 5.96. The van der Waals surface area contributed by atoms with E-state index in [9.17, 15) is 44.3 Å². The van der Waals surface area contributed by atoms with Crippen molar-refractivity contribution in [2.75, 3.05) is 0 Å². The second-order valence-electron chi connectivity index (χ2n) is 5.29. The summed E-state index contributed by atoms with van der Waals surface area (Å²) in [6, 6.07) is 4.03. The first-order valence-corrected chi connectivity index (χ1v) is 6.43. The van der Waals surface area contributed by atoms with Crippen molar-refractivity contribution in [3.8, 4) is 0 Å². The summed E-state index contributed by atoms with van der Waals surface area (Å²) in [4.78, 5) is 11.7. The maximum Gasteiger partial charge on any atom is 0.460 e. The molecule has 0 fully saturated rings. The lowest BCUT2D eigenvalue weighted by atomic mass is 9.89. The maximum atomic E-state index is 13.7. The quantitative estimate of drug-likeness (QED) is 0.500. The number of carbonyl (C=O) groups excluding carboxylic acids is 1. The highest BCUT2D eigenvalue weighted by Crippen LogP contribution is 2.54. The van der Waals surface area contributed by atoms with Crippen LogP contribution in [0, 0.1) is 0 Å². The summed E-state index contributed by atoms with van der Waals surface area (Å²) in [5.41, 5.74) is -1.23. The monoisotopic (exact) mass is 366 g/mol. The van der Waals surface area contributed by atoms with Crippen molar-refractivity contribution in [2.24, 2.45) is 0 Å². The molecule has 0 bridgehead atoms. The minimum atomic E-state index is -7.09. The molecule has 0 atom stereocenters. The smallest absolute Gasteiger partial charge is 0.287 e. The predicted molar refractivity (Wildman–Crippen MR) is 65.8 cm³/mol. The molecular formula is C14H11F9O. The summed E-state index contributed by atoms with van der Waals surface area (Å²) in [7, 11) is 0. The molecule has 0 aliphatic carbocycles.